The van der Waals surface area contributed by atoms with Crippen molar-refractivity contribution in [1.82, 2.24) is 16.0 Å². The van der Waals surface area contributed by atoms with E-state index in [-0.39, 0.29) is 5.91 Å². The van der Waals surface area contributed by atoms with Gasteiger partial charge >= 0.3 is 0 Å². The first-order chi connectivity index (χ1) is 14.0. The van der Waals surface area contributed by atoms with Crippen molar-refractivity contribution in [1.29, 1.82) is 0 Å². The molecule has 144 valence electrons. The summed E-state index contributed by atoms with van der Waals surface area (Å²) >= 11 is 0. The van der Waals surface area contributed by atoms with E-state index in [2.05, 4.69) is 16.0 Å². The minimum Gasteiger partial charge on any atom is -0.355 e. The van der Waals surface area contributed by atoms with Crippen molar-refractivity contribution in [2.45, 2.75) is 13.8 Å². The van der Waals surface area contributed by atoms with Crippen LogP contribution < -0.4 is 10.9 Å². The van der Waals surface area contributed by atoms with Crippen LogP contribution in [-0.2, 0) is 0 Å². The second-order valence-electron chi connectivity index (χ2n) is 6.84. The Bertz CT molecular complexity index is 1210. The number of amides is 2. The van der Waals surface area contributed by atoms with Crippen molar-refractivity contribution >= 4 is 22.7 Å². The molecule has 1 heterocycles. The number of hydrogen-bond acceptors (Lipinski definition) is 4. The Morgan fingerprint density at radius 2 is 1.62 bits per heavy atom. The number of aromatic nitrogens is 1. The maximum absolute atomic E-state index is 12.6. The van der Waals surface area contributed by atoms with Gasteiger partial charge in [0.15, 0.2) is 5.76 Å². The van der Waals surface area contributed by atoms with Gasteiger partial charge in [-0.05, 0) is 43.7 Å². The van der Waals surface area contributed by atoms with Gasteiger partial charge < -0.3 is 4.52 Å². The summed E-state index contributed by atoms with van der Waals surface area (Å²) in [6, 6.07) is 20.1. The molecular formula is C23H19N3O3. The highest BCUT2D eigenvalue weighted by molar-refractivity contribution is 6.03. The zero-order chi connectivity index (χ0) is 20.4. The molecule has 0 radical (unpaired) electrons. The van der Waals surface area contributed by atoms with Crippen LogP contribution in [0.4, 0.5) is 0 Å². The predicted molar refractivity (Wildman–Crippen MR) is 110 cm³/mol. The van der Waals surface area contributed by atoms with Crippen LogP contribution in [0.15, 0.2) is 71.3 Å². The van der Waals surface area contributed by atoms with Gasteiger partial charge in [0, 0.05) is 16.7 Å². The van der Waals surface area contributed by atoms with E-state index in [0.29, 0.717) is 22.4 Å². The fraction of sp³-hybridized carbons (Fsp3) is 0.0870. The average Bonchev–Trinajstić information content (AvgIpc) is 3.15. The van der Waals surface area contributed by atoms with Crippen LogP contribution >= 0.6 is 0 Å². The number of benzene rings is 3. The smallest absolute Gasteiger partial charge is 0.269 e. The summed E-state index contributed by atoms with van der Waals surface area (Å²) in [5.74, 6) is -0.202. The lowest BCUT2D eigenvalue weighted by atomic mass is 10.1. The fourth-order valence-electron chi connectivity index (χ4n) is 3.20. The molecular weight excluding hydrogens is 366 g/mol. The number of fused-ring (bicyclic) bond motifs is 1. The molecule has 2 N–H and O–H groups in total. The van der Waals surface area contributed by atoms with Crippen molar-refractivity contribution in [3.63, 3.8) is 0 Å². The molecule has 2 amide bonds. The van der Waals surface area contributed by atoms with Gasteiger partial charge in [-0.2, -0.15) is 0 Å². The third-order valence-corrected chi connectivity index (χ3v) is 4.69. The SMILES string of the molecule is Cc1ccc(C(=O)NNC(=O)c2ccc3noc(-c4ccccc4)c3c2)c(C)c1. The third-order valence-electron chi connectivity index (χ3n) is 4.69. The summed E-state index contributed by atoms with van der Waals surface area (Å²) in [5.41, 5.74) is 9.27. The number of hydrazine groups is 1. The molecule has 0 aliphatic heterocycles. The van der Waals surface area contributed by atoms with Crippen molar-refractivity contribution in [3.05, 3.63) is 89.0 Å². The molecule has 0 saturated heterocycles. The Kier molecular flexibility index (Phi) is 4.83. The Balaban J connectivity index is 1.53. The Morgan fingerprint density at radius 3 is 2.38 bits per heavy atom. The molecule has 1 aromatic heterocycles. The molecule has 3 aromatic carbocycles. The molecule has 6 nitrogen and oxygen atoms in total. The first-order valence-corrected chi connectivity index (χ1v) is 9.16. The van der Waals surface area contributed by atoms with E-state index < -0.39 is 5.91 Å². The molecule has 4 rings (SSSR count). The number of nitrogens with one attached hydrogen (secondary N) is 2. The van der Waals surface area contributed by atoms with Crippen LogP contribution in [-0.4, -0.2) is 17.0 Å². The van der Waals surface area contributed by atoms with E-state index in [1.807, 2.05) is 56.3 Å². The molecule has 0 fully saturated rings. The van der Waals surface area contributed by atoms with Gasteiger partial charge in [0.1, 0.15) is 5.52 Å². The fourth-order valence-corrected chi connectivity index (χ4v) is 3.20. The standard InChI is InChI=1S/C23H19N3O3/c1-14-8-10-18(15(2)12-14)23(28)25-24-22(27)17-9-11-20-19(13-17)21(29-26-20)16-6-4-3-5-7-16/h3-13H,1-2H3,(H,24,27)(H,25,28). The quantitative estimate of drug-likeness (QED) is 0.518. The maximum atomic E-state index is 12.6. The number of aryl methyl sites for hydroxylation is 2. The van der Waals surface area contributed by atoms with Gasteiger partial charge in [-0.1, -0.05) is 53.2 Å². The van der Waals surface area contributed by atoms with Crippen molar-refractivity contribution in [2.24, 2.45) is 0 Å². The molecule has 0 unspecified atom stereocenters. The summed E-state index contributed by atoms with van der Waals surface area (Å²) in [4.78, 5) is 24.9. The van der Waals surface area contributed by atoms with E-state index in [0.717, 1.165) is 22.1 Å². The molecule has 6 heteroatoms. The number of rotatable bonds is 3. The molecule has 0 atom stereocenters. The van der Waals surface area contributed by atoms with E-state index in [1.54, 1.807) is 24.3 Å². The minimum atomic E-state index is -0.426. The van der Waals surface area contributed by atoms with Gasteiger partial charge in [0.2, 0.25) is 0 Å². The van der Waals surface area contributed by atoms with Crippen molar-refractivity contribution in [2.75, 3.05) is 0 Å². The van der Waals surface area contributed by atoms with Gasteiger partial charge in [0.25, 0.3) is 11.8 Å². The Hall–Kier alpha value is -3.93. The summed E-state index contributed by atoms with van der Waals surface area (Å²) < 4.78 is 5.46. The Labute approximate surface area is 167 Å². The lowest BCUT2D eigenvalue weighted by molar-refractivity contribution is 0.0846. The summed E-state index contributed by atoms with van der Waals surface area (Å²) in [7, 11) is 0. The lowest BCUT2D eigenvalue weighted by Gasteiger charge is -2.10. The molecule has 0 aliphatic rings. The van der Waals surface area contributed by atoms with Crippen LogP contribution in [0.2, 0.25) is 0 Å². The summed E-state index contributed by atoms with van der Waals surface area (Å²) in [6.07, 6.45) is 0. The van der Waals surface area contributed by atoms with Crippen LogP contribution in [0.1, 0.15) is 31.8 Å². The van der Waals surface area contributed by atoms with E-state index >= 15 is 0 Å². The number of nitrogens with zero attached hydrogens (tertiary/aromatic N) is 1. The second-order valence-corrected chi connectivity index (χ2v) is 6.84. The van der Waals surface area contributed by atoms with Crippen molar-refractivity contribution in [3.8, 4) is 11.3 Å². The predicted octanol–water partition coefficient (Wildman–Crippen LogP) is 4.19. The first kappa shape index (κ1) is 18.4. The second kappa shape index (κ2) is 7.59. The highest BCUT2D eigenvalue weighted by Gasteiger charge is 2.15. The zero-order valence-corrected chi connectivity index (χ0v) is 16.0. The van der Waals surface area contributed by atoms with Crippen LogP contribution in [0, 0.1) is 13.8 Å². The molecule has 0 aliphatic carbocycles. The molecule has 4 aromatic rings. The van der Waals surface area contributed by atoms with Gasteiger partial charge in [-0.3, -0.25) is 20.4 Å². The minimum absolute atomic E-state index is 0.369. The summed E-state index contributed by atoms with van der Waals surface area (Å²) in [5, 5.41) is 4.78. The van der Waals surface area contributed by atoms with Gasteiger partial charge in [-0.25, -0.2) is 0 Å². The molecule has 0 bridgehead atoms. The van der Waals surface area contributed by atoms with E-state index in [4.69, 9.17) is 4.52 Å². The molecule has 0 saturated carbocycles. The van der Waals surface area contributed by atoms with E-state index in [9.17, 15) is 9.59 Å². The largest absolute Gasteiger partial charge is 0.355 e. The van der Waals surface area contributed by atoms with Crippen LogP contribution in [0.5, 0.6) is 0 Å². The number of hydrogen-bond donors (Lipinski definition) is 2. The Morgan fingerprint density at radius 1 is 0.862 bits per heavy atom. The first-order valence-electron chi connectivity index (χ1n) is 9.16. The normalized spacial score (nSPS) is 10.7. The zero-order valence-electron chi connectivity index (χ0n) is 16.0. The lowest BCUT2D eigenvalue weighted by Crippen LogP contribution is -2.41. The van der Waals surface area contributed by atoms with E-state index in [1.165, 1.54) is 0 Å². The van der Waals surface area contributed by atoms with Crippen LogP contribution in [0.3, 0.4) is 0 Å². The highest BCUT2D eigenvalue weighted by Crippen LogP contribution is 2.29. The highest BCUT2D eigenvalue weighted by atomic mass is 16.5. The molecule has 0 spiro atoms. The molecule has 29 heavy (non-hydrogen) atoms. The van der Waals surface area contributed by atoms with Gasteiger partial charge in [-0.15, -0.1) is 0 Å². The average molecular weight is 385 g/mol. The topological polar surface area (TPSA) is 84.2 Å². The van der Waals surface area contributed by atoms with Crippen LogP contribution in [0.25, 0.3) is 22.2 Å². The van der Waals surface area contributed by atoms with Gasteiger partial charge in [0.05, 0.1) is 5.39 Å². The monoisotopic (exact) mass is 385 g/mol. The van der Waals surface area contributed by atoms with Crippen molar-refractivity contribution < 1.29 is 14.1 Å². The summed E-state index contributed by atoms with van der Waals surface area (Å²) in [6.45, 7) is 3.82. The third kappa shape index (κ3) is 3.73. The number of carbonyl (C=O) groups excluding carboxylic acids is 2. The maximum Gasteiger partial charge on any atom is 0.269 e. The number of carbonyl (C=O) groups is 2.